The monoisotopic (exact) mass is 263 g/mol. The van der Waals surface area contributed by atoms with Gasteiger partial charge >= 0.3 is 5.97 Å². The molecule has 0 fully saturated rings. The van der Waals surface area contributed by atoms with Gasteiger partial charge in [0.15, 0.2) is 6.04 Å². The maximum atomic E-state index is 11.9. The van der Waals surface area contributed by atoms with E-state index in [0.29, 0.717) is 5.56 Å². The Bertz CT molecular complexity index is 453. The average Bonchev–Trinajstić information content (AvgIpc) is 2.38. The summed E-state index contributed by atoms with van der Waals surface area (Å²) in [6.07, 6.45) is 1.51. The van der Waals surface area contributed by atoms with Crippen LogP contribution >= 0.6 is 0 Å². The lowest BCUT2D eigenvalue weighted by Gasteiger charge is -2.14. The van der Waals surface area contributed by atoms with Crippen LogP contribution in [0.25, 0.3) is 0 Å². The second-order valence-corrected chi connectivity index (χ2v) is 4.06. The van der Waals surface area contributed by atoms with Crippen LogP contribution in [0.1, 0.15) is 15.9 Å². The molecule has 0 aliphatic carbocycles. The van der Waals surface area contributed by atoms with Crippen molar-refractivity contribution in [2.75, 3.05) is 13.2 Å². The third-order valence-electron chi connectivity index (χ3n) is 2.44. The average molecular weight is 263 g/mol. The first-order chi connectivity index (χ1) is 9.04. The maximum Gasteiger partial charge on any atom is 0.328 e. The summed E-state index contributed by atoms with van der Waals surface area (Å²) in [5, 5.41) is 11.4. The molecule has 0 aliphatic rings. The van der Waals surface area contributed by atoms with Crippen LogP contribution in [0.2, 0.25) is 0 Å². The van der Waals surface area contributed by atoms with Crippen molar-refractivity contribution in [1.82, 2.24) is 5.32 Å². The van der Waals surface area contributed by atoms with E-state index in [1.807, 2.05) is 6.92 Å². The van der Waals surface area contributed by atoms with Gasteiger partial charge in [0, 0.05) is 5.56 Å². The molecule has 1 amide bonds. The highest BCUT2D eigenvalue weighted by Gasteiger charge is 2.20. The lowest BCUT2D eigenvalue weighted by Crippen LogP contribution is -2.44. The van der Waals surface area contributed by atoms with E-state index in [1.165, 1.54) is 6.08 Å². The molecular formula is C14H17NO4. The Kier molecular flexibility index (Phi) is 5.75. The summed E-state index contributed by atoms with van der Waals surface area (Å²) in [4.78, 5) is 22.8. The number of carbonyl (C=O) groups is 2. The molecule has 1 atom stereocenters. The summed E-state index contributed by atoms with van der Waals surface area (Å²) in [7, 11) is 0. The number of nitrogens with one attached hydrogen (secondary N) is 1. The molecule has 19 heavy (non-hydrogen) atoms. The molecule has 1 rings (SSSR count). The fraction of sp³-hybridized carbons (Fsp3) is 0.286. The summed E-state index contributed by atoms with van der Waals surface area (Å²) in [6, 6.07) is 5.80. The van der Waals surface area contributed by atoms with Crippen LogP contribution in [0.3, 0.4) is 0 Å². The number of hydrogen-bond acceptors (Lipinski definition) is 3. The number of carboxylic acid groups (broad SMARTS) is 1. The molecule has 5 nitrogen and oxygen atoms in total. The molecule has 0 saturated carbocycles. The number of aryl methyl sites for hydroxylation is 1. The first-order valence-electron chi connectivity index (χ1n) is 5.83. The number of carboxylic acids is 1. The number of rotatable bonds is 7. The van der Waals surface area contributed by atoms with Crippen LogP contribution in [0.15, 0.2) is 36.9 Å². The zero-order valence-electron chi connectivity index (χ0n) is 10.8. The smallest absolute Gasteiger partial charge is 0.328 e. The van der Waals surface area contributed by atoms with Gasteiger partial charge in [0.2, 0.25) is 0 Å². The van der Waals surface area contributed by atoms with Crippen molar-refractivity contribution < 1.29 is 19.4 Å². The quantitative estimate of drug-likeness (QED) is 0.575. The van der Waals surface area contributed by atoms with Crippen molar-refractivity contribution in [2.24, 2.45) is 0 Å². The summed E-state index contributed by atoms with van der Waals surface area (Å²) in [6.45, 7) is 5.51. The van der Waals surface area contributed by atoms with Crippen molar-refractivity contribution >= 4 is 11.9 Å². The topological polar surface area (TPSA) is 75.6 Å². The van der Waals surface area contributed by atoms with Crippen molar-refractivity contribution in [2.45, 2.75) is 13.0 Å². The molecule has 0 aromatic heterocycles. The summed E-state index contributed by atoms with van der Waals surface area (Å²) >= 11 is 0. The normalized spacial score (nSPS) is 11.6. The zero-order valence-corrected chi connectivity index (χ0v) is 10.8. The standard InChI is InChI=1S/C14H17NO4/c1-3-8-19-9-12(14(17)18)15-13(16)11-6-4-10(2)5-7-11/h3-7,12H,1,8-9H2,2H3,(H,15,16)(H,17,18). The molecule has 0 aliphatic heterocycles. The van der Waals surface area contributed by atoms with Crippen molar-refractivity contribution in [3.05, 3.63) is 48.0 Å². The molecule has 0 saturated heterocycles. The molecule has 0 heterocycles. The van der Waals surface area contributed by atoms with Crippen LogP contribution in [-0.2, 0) is 9.53 Å². The molecule has 5 heteroatoms. The van der Waals surface area contributed by atoms with Crippen molar-refractivity contribution in [3.8, 4) is 0 Å². The Morgan fingerprint density at radius 1 is 1.42 bits per heavy atom. The van der Waals surface area contributed by atoms with Crippen LogP contribution in [-0.4, -0.2) is 36.2 Å². The Balaban J connectivity index is 2.62. The van der Waals surface area contributed by atoms with Gasteiger partial charge in [-0.1, -0.05) is 23.8 Å². The van der Waals surface area contributed by atoms with Gasteiger partial charge in [0.25, 0.3) is 5.91 Å². The fourth-order valence-corrected chi connectivity index (χ4v) is 1.39. The largest absolute Gasteiger partial charge is 0.480 e. The Morgan fingerprint density at radius 2 is 2.05 bits per heavy atom. The Morgan fingerprint density at radius 3 is 2.58 bits per heavy atom. The predicted molar refractivity (Wildman–Crippen MR) is 71.1 cm³/mol. The molecular weight excluding hydrogens is 246 g/mol. The van der Waals surface area contributed by atoms with Crippen LogP contribution in [0.4, 0.5) is 0 Å². The summed E-state index contributed by atoms with van der Waals surface area (Å²) in [5.41, 5.74) is 1.45. The molecule has 1 aromatic rings. The maximum absolute atomic E-state index is 11.9. The number of carbonyl (C=O) groups excluding carboxylic acids is 1. The first-order valence-corrected chi connectivity index (χ1v) is 5.83. The van der Waals surface area contributed by atoms with Gasteiger partial charge in [-0.05, 0) is 19.1 Å². The van der Waals surface area contributed by atoms with E-state index >= 15 is 0 Å². The highest BCUT2D eigenvalue weighted by Crippen LogP contribution is 2.03. The highest BCUT2D eigenvalue weighted by atomic mass is 16.5. The Hall–Kier alpha value is -2.14. The van der Waals surface area contributed by atoms with E-state index in [0.717, 1.165) is 5.56 Å². The second kappa shape index (κ2) is 7.33. The fourth-order valence-electron chi connectivity index (χ4n) is 1.39. The Labute approximate surface area is 111 Å². The molecule has 0 bridgehead atoms. The lowest BCUT2D eigenvalue weighted by atomic mass is 10.1. The summed E-state index contributed by atoms with van der Waals surface area (Å²) < 4.78 is 5.05. The second-order valence-electron chi connectivity index (χ2n) is 4.06. The van der Waals surface area contributed by atoms with Gasteiger partial charge < -0.3 is 15.2 Å². The third kappa shape index (κ3) is 4.93. The van der Waals surface area contributed by atoms with Gasteiger partial charge in [-0.15, -0.1) is 6.58 Å². The molecule has 0 spiro atoms. The van der Waals surface area contributed by atoms with E-state index in [9.17, 15) is 9.59 Å². The van der Waals surface area contributed by atoms with Crippen LogP contribution < -0.4 is 5.32 Å². The molecule has 2 N–H and O–H groups in total. The predicted octanol–water partition coefficient (Wildman–Crippen LogP) is 1.38. The minimum absolute atomic E-state index is 0.0983. The highest BCUT2D eigenvalue weighted by molar-refractivity contribution is 5.96. The molecule has 1 unspecified atom stereocenters. The molecule has 0 radical (unpaired) electrons. The molecule has 1 aromatic carbocycles. The SMILES string of the molecule is C=CCOCC(NC(=O)c1ccc(C)cc1)C(=O)O. The van der Waals surface area contributed by atoms with Gasteiger partial charge in [-0.2, -0.15) is 0 Å². The van der Waals surface area contributed by atoms with E-state index in [4.69, 9.17) is 9.84 Å². The van der Waals surface area contributed by atoms with E-state index in [1.54, 1.807) is 24.3 Å². The van der Waals surface area contributed by atoms with Gasteiger partial charge in [-0.3, -0.25) is 4.79 Å². The number of ether oxygens (including phenoxy) is 1. The van der Waals surface area contributed by atoms with Gasteiger partial charge in [0.05, 0.1) is 13.2 Å². The van der Waals surface area contributed by atoms with E-state index < -0.39 is 17.9 Å². The third-order valence-corrected chi connectivity index (χ3v) is 2.44. The summed E-state index contributed by atoms with van der Waals surface area (Å²) in [5.74, 6) is -1.57. The number of hydrogen-bond donors (Lipinski definition) is 2. The minimum Gasteiger partial charge on any atom is -0.480 e. The van der Waals surface area contributed by atoms with Gasteiger partial charge in [-0.25, -0.2) is 4.79 Å². The van der Waals surface area contributed by atoms with E-state index in [-0.39, 0.29) is 13.2 Å². The van der Waals surface area contributed by atoms with Crippen LogP contribution in [0, 0.1) is 6.92 Å². The van der Waals surface area contributed by atoms with Crippen molar-refractivity contribution in [3.63, 3.8) is 0 Å². The first kappa shape index (κ1) is 14.9. The van der Waals surface area contributed by atoms with Crippen LogP contribution in [0.5, 0.6) is 0 Å². The molecule has 102 valence electrons. The van der Waals surface area contributed by atoms with Crippen molar-refractivity contribution in [1.29, 1.82) is 0 Å². The number of benzene rings is 1. The lowest BCUT2D eigenvalue weighted by molar-refractivity contribution is -0.140. The van der Waals surface area contributed by atoms with E-state index in [2.05, 4.69) is 11.9 Å². The minimum atomic E-state index is -1.13. The van der Waals surface area contributed by atoms with Gasteiger partial charge in [0.1, 0.15) is 0 Å². The number of amides is 1. The number of aliphatic carboxylic acids is 1. The zero-order chi connectivity index (χ0) is 14.3.